The monoisotopic (exact) mass is 385 g/mol. The largest absolute Gasteiger partial charge is 0.481 e. The molecule has 1 heterocycles. The number of hydrogen-bond acceptors (Lipinski definition) is 4. The number of alkyl halides is 3. The lowest BCUT2D eigenvalue weighted by Gasteiger charge is -2.28. The number of carboxylic acid groups (broad SMARTS) is 1. The molecular formula is C16H14F3N3O3S. The highest BCUT2D eigenvalue weighted by atomic mass is 32.1. The summed E-state index contributed by atoms with van der Waals surface area (Å²) >= 11 is 5.21. The first kappa shape index (κ1) is 19.7. The summed E-state index contributed by atoms with van der Waals surface area (Å²) < 4.78 is 39.5. The maximum atomic E-state index is 13.2. The van der Waals surface area contributed by atoms with Crippen LogP contribution >= 0.6 is 12.2 Å². The SMILES string of the molecule is CC1(C)C(=O)N(c2ccc(C#N)c(C(F)(F)F)c2)C(=S)N1CCC(=O)O. The van der Waals surface area contributed by atoms with E-state index in [1.807, 2.05) is 0 Å². The van der Waals surface area contributed by atoms with E-state index in [0.717, 1.165) is 11.0 Å². The Morgan fingerprint density at radius 1 is 1.38 bits per heavy atom. The van der Waals surface area contributed by atoms with E-state index in [2.05, 4.69) is 0 Å². The van der Waals surface area contributed by atoms with Crippen LogP contribution in [0.25, 0.3) is 0 Å². The molecule has 1 fully saturated rings. The van der Waals surface area contributed by atoms with Crippen molar-refractivity contribution in [1.82, 2.24) is 4.90 Å². The average molecular weight is 385 g/mol. The number of amides is 1. The molecule has 1 N–H and O–H groups in total. The van der Waals surface area contributed by atoms with Crippen LogP contribution in [0.3, 0.4) is 0 Å². The number of hydrogen-bond donors (Lipinski definition) is 1. The normalized spacial score (nSPS) is 16.8. The number of carboxylic acids is 1. The van der Waals surface area contributed by atoms with Crippen LogP contribution in [0.4, 0.5) is 18.9 Å². The molecule has 0 unspecified atom stereocenters. The van der Waals surface area contributed by atoms with Gasteiger partial charge in [-0.3, -0.25) is 14.5 Å². The standard InChI is InChI=1S/C16H14F3N3O3S/c1-15(2)13(25)22(14(26)21(15)6-5-12(23)24)10-4-3-9(8-20)11(7-10)16(17,18)19/h3-4,7H,5-6H2,1-2H3,(H,23,24). The van der Waals surface area contributed by atoms with Crippen molar-refractivity contribution >= 4 is 34.9 Å². The number of aliphatic carboxylic acids is 1. The molecular weight excluding hydrogens is 371 g/mol. The van der Waals surface area contributed by atoms with Gasteiger partial charge in [0.15, 0.2) is 5.11 Å². The van der Waals surface area contributed by atoms with Gasteiger partial charge in [-0.2, -0.15) is 18.4 Å². The van der Waals surface area contributed by atoms with Gasteiger partial charge in [-0.25, -0.2) is 0 Å². The molecule has 26 heavy (non-hydrogen) atoms. The first-order valence-corrected chi connectivity index (χ1v) is 7.81. The summed E-state index contributed by atoms with van der Waals surface area (Å²) in [6, 6.07) is 4.34. The lowest BCUT2D eigenvalue weighted by molar-refractivity contribution is -0.138. The van der Waals surface area contributed by atoms with E-state index in [4.69, 9.17) is 22.6 Å². The van der Waals surface area contributed by atoms with Gasteiger partial charge < -0.3 is 10.0 Å². The third kappa shape index (κ3) is 3.35. The summed E-state index contributed by atoms with van der Waals surface area (Å²) in [5.41, 5.74) is -3.08. The van der Waals surface area contributed by atoms with Crippen LogP contribution in [0.5, 0.6) is 0 Å². The zero-order chi connectivity index (χ0) is 19.9. The van der Waals surface area contributed by atoms with E-state index < -0.39 is 34.7 Å². The number of carbonyl (C=O) groups is 2. The number of rotatable bonds is 4. The lowest BCUT2D eigenvalue weighted by atomic mass is 10.0. The predicted octanol–water partition coefficient (Wildman–Crippen LogP) is 2.76. The van der Waals surface area contributed by atoms with Crippen molar-refractivity contribution in [1.29, 1.82) is 5.26 Å². The molecule has 0 aromatic heterocycles. The number of benzene rings is 1. The third-order valence-electron chi connectivity index (χ3n) is 4.06. The Bertz CT molecular complexity index is 830. The quantitative estimate of drug-likeness (QED) is 0.803. The highest BCUT2D eigenvalue weighted by molar-refractivity contribution is 7.80. The zero-order valence-electron chi connectivity index (χ0n) is 13.8. The van der Waals surface area contributed by atoms with Crippen LogP contribution in [0.1, 0.15) is 31.4 Å². The van der Waals surface area contributed by atoms with Gasteiger partial charge in [-0.15, -0.1) is 0 Å². The highest BCUT2D eigenvalue weighted by Gasteiger charge is 2.49. The lowest BCUT2D eigenvalue weighted by Crippen LogP contribution is -2.45. The molecule has 0 spiro atoms. The maximum absolute atomic E-state index is 13.2. The maximum Gasteiger partial charge on any atom is 0.417 e. The molecule has 1 aromatic rings. The van der Waals surface area contributed by atoms with Crippen molar-refractivity contribution in [3.63, 3.8) is 0 Å². The predicted molar refractivity (Wildman–Crippen MR) is 89.3 cm³/mol. The second-order valence-electron chi connectivity index (χ2n) is 6.12. The molecule has 2 rings (SSSR count). The van der Waals surface area contributed by atoms with Gasteiger partial charge in [-0.1, -0.05) is 0 Å². The van der Waals surface area contributed by atoms with Gasteiger partial charge in [0.25, 0.3) is 5.91 Å². The van der Waals surface area contributed by atoms with Gasteiger partial charge >= 0.3 is 12.1 Å². The Hall–Kier alpha value is -2.67. The van der Waals surface area contributed by atoms with Crippen molar-refractivity contribution in [2.24, 2.45) is 0 Å². The molecule has 0 saturated carbocycles. The van der Waals surface area contributed by atoms with E-state index in [0.29, 0.717) is 6.07 Å². The van der Waals surface area contributed by atoms with E-state index >= 15 is 0 Å². The van der Waals surface area contributed by atoms with Gasteiger partial charge in [0.05, 0.1) is 29.3 Å². The number of halogens is 3. The van der Waals surface area contributed by atoms with Crippen LogP contribution in [-0.4, -0.2) is 39.1 Å². The summed E-state index contributed by atoms with van der Waals surface area (Å²) in [5, 5.41) is 17.6. The molecule has 6 nitrogen and oxygen atoms in total. The molecule has 1 aliphatic rings. The van der Waals surface area contributed by atoms with Crippen molar-refractivity contribution in [2.45, 2.75) is 32.0 Å². The summed E-state index contributed by atoms with van der Waals surface area (Å²) in [6.07, 6.45) is -5.06. The van der Waals surface area contributed by atoms with Crippen LogP contribution < -0.4 is 4.90 Å². The van der Waals surface area contributed by atoms with Gasteiger partial charge in [0, 0.05) is 6.54 Å². The molecule has 0 atom stereocenters. The second kappa shape index (κ2) is 6.57. The van der Waals surface area contributed by atoms with Crippen molar-refractivity contribution in [2.75, 3.05) is 11.4 Å². The van der Waals surface area contributed by atoms with E-state index in [9.17, 15) is 22.8 Å². The van der Waals surface area contributed by atoms with E-state index in [1.165, 1.54) is 30.9 Å². The van der Waals surface area contributed by atoms with Crippen LogP contribution in [0.15, 0.2) is 18.2 Å². The molecule has 1 amide bonds. The third-order valence-corrected chi connectivity index (χ3v) is 4.46. The first-order chi connectivity index (χ1) is 11.9. The fraction of sp³-hybridized carbons (Fsp3) is 0.375. The Morgan fingerprint density at radius 2 is 2.00 bits per heavy atom. The second-order valence-corrected chi connectivity index (χ2v) is 6.48. The summed E-state index contributed by atoms with van der Waals surface area (Å²) in [7, 11) is 0. The van der Waals surface area contributed by atoms with Crippen LogP contribution in [0, 0.1) is 11.3 Å². The number of nitrogens with zero attached hydrogens (tertiary/aromatic N) is 3. The number of thiocarbonyl (C=S) groups is 1. The Labute approximate surface area is 152 Å². The fourth-order valence-electron chi connectivity index (χ4n) is 2.65. The molecule has 10 heteroatoms. The minimum atomic E-state index is -4.77. The zero-order valence-corrected chi connectivity index (χ0v) is 14.6. The molecule has 0 bridgehead atoms. The Kier molecular flexibility index (Phi) is 4.96. The van der Waals surface area contributed by atoms with Crippen molar-refractivity contribution < 1.29 is 27.9 Å². The van der Waals surface area contributed by atoms with Crippen LogP contribution in [0.2, 0.25) is 0 Å². The number of carbonyl (C=O) groups excluding carboxylic acids is 1. The molecule has 0 aliphatic carbocycles. The van der Waals surface area contributed by atoms with Crippen molar-refractivity contribution in [3.8, 4) is 6.07 Å². The highest BCUT2D eigenvalue weighted by Crippen LogP contribution is 2.37. The fourth-order valence-corrected chi connectivity index (χ4v) is 3.16. The number of anilines is 1. The van der Waals surface area contributed by atoms with Crippen LogP contribution in [-0.2, 0) is 15.8 Å². The summed E-state index contributed by atoms with van der Waals surface area (Å²) in [5.74, 6) is -1.67. The smallest absolute Gasteiger partial charge is 0.417 e. The molecule has 0 radical (unpaired) electrons. The topological polar surface area (TPSA) is 84.6 Å². The summed E-state index contributed by atoms with van der Waals surface area (Å²) in [4.78, 5) is 25.8. The first-order valence-electron chi connectivity index (χ1n) is 7.40. The Balaban J connectivity index is 2.49. The van der Waals surface area contributed by atoms with Gasteiger partial charge in [0.2, 0.25) is 0 Å². The molecule has 1 aliphatic heterocycles. The van der Waals surface area contributed by atoms with Crippen molar-refractivity contribution in [3.05, 3.63) is 29.3 Å². The van der Waals surface area contributed by atoms with E-state index in [1.54, 1.807) is 0 Å². The average Bonchev–Trinajstić information content (AvgIpc) is 2.69. The summed E-state index contributed by atoms with van der Waals surface area (Å²) in [6.45, 7) is 2.96. The molecule has 1 saturated heterocycles. The van der Waals surface area contributed by atoms with Gasteiger partial charge in [-0.05, 0) is 44.3 Å². The minimum absolute atomic E-state index is 0.0637. The van der Waals surface area contributed by atoms with Gasteiger partial charge in [0.1, 0.15) is 5.54 Å². The van der Waals surface area contributed by atoms with E-state index in [-0.39, 0.29) is 23.8 Å². The molecule has 138 valence electrons. The minimum Gasteiger partial charge on any atom is -0.481 e. The number of nitriles is 1. The molecule has 1 aromatic carbocycles. The Morgan fingerprint density at radius 3 is 2.50 bits per heavy atom.